The molecule has 20 nitrogen and oxygen atoms in total. The zero-order valence-electron chi connectivity index (χ0n) is 39.8. The lowest BCUT2D eigenvalue weighted by Gasteiger charge is -2.37. The number of ether oxygens (including phenoxy) is 8. The third kappa shape index (κ3) is 14.3. The molecule has 0 saturated heterocycles. The van der Waals surface area contributed by atoms with Crippen LogP contribution in [0, 0.1) is 0 Å². The smallest absolute Gasteiger partial charge is 0.356 e. The lowest BCUT2D eigenvalue weighted by Crippen LogP contribution is -2.39. The number of hydrogen-bond donors (Lipinski definition) is 2. The first-order valence-corrected chi connectivity index (χ1v) is 22.8. The molecule has 0 fully saturated rings. The minimum absolute atomic E-state index is 0.000869. The molecular weight excluding hydrogens is 959 g/mol. The highest BCUT2D eigenvalue weighted by molar-refractivity contribution is 6.32. The third-order valence-corrected chi connectivity index (χ3v) is 11.0. The van der Waals surface area contributed by atoms with Crippen molar-refractivity contribution in [3.8, 4) is 0 Å². The van der Waals surface area contributed by atoms with Crippen LogP contribution < -0.4 is 11.5 Å². The van der Waals surface area contributed by atoms with Crippen molar-refractivity contribution in [1.82, 2.24) is 10.1 Å². The topological polar surface area (TPSA) is 253 Å². The molecule has 0 aliphatic carbocycles. The minimum Gasteiger partial charge on any atom is -0.466 e. The summed E-state index contributed by atoms with van der Waals surface area (Å²) in [7, 11) is 2.27. The van der Waals surface area contributed by atoms with Crippen LogP contribution >= 0.6 is 23.2 Å². The summed E-state index contributed by atoms with van der Waals surface area (Å²) in [6.07, 6.45) is 1.41. The van der Waals surface area contributed by atoms with Gasteiger partial charge in [-0.3, -0.25) is 0 Å². The molecule has 0 unspecified atom stereocenters. The van der Waals surface area contributed by atoms with Crippen LogP contribution in [0.4, 0.5) is 0 Å². The van der Waals surface area contributed by atoms with Crippen molar-refractivity contribution >= 4 is 59.0 Å². The fraction of sp³-hybridized carbons (Fsp3) is 0.417. The first kappa shape index (κ1) is 56.5. The molecule has 0 radical (unpaired) electrons. The Bertz CT molecular complexity index is 2220. The van der Waals surface area contributed by atoms with Gasteiger partial charge in [-0.25, -0.2) is 28.8 Å². The summed E-state index contributed by atoms with van der Waals surface area (Å²) in [5, 5.41) is 2.19. The Balaban J connectivity index is 1.82. The summed E-state index contributed by atoms with van der Waals surface area (Å²) in [6.45, 7) is 6.34. The number of methoxy groups -OCH3 is 2. The number of benzene rings is 2. The molecule has 2 aliphatic rings. The van der Waals surface area contributed by atoms with E-state index in [0.717, 1.165) is 24.3 Å². The van der Waals surface area contributed by atoms with Gasteiger partial charge in [-0.05, 0) is 51.0 Å². The fourth-order valence-electron chi connectivity index (χ4n) is 7.40. The highest BCUT2D eigenvalue weighted by Crippen LogP contribution is 2.47. The van der Waals surface area contributed by atoms with Gasteiger partial charge in [0, 0.05) is 35.3 Å². The molecule has 2 aliphatic heterocycles. The maximum atomic E-state index is 14.0. The summed E-state index contributed by atoms with van der Waals surface area (Å²) < 4.78 is 44.0. The molecule has 22 heteroatoms. The molecule has 0 saturated carbocycles. The van der Waals surface area contributed by atoms with Gasteiger partial charge in [0.25, 0.3) is 0 Å². The second-order valence-electron chi connectivity index (χ2n) is 14.7. The van der Waals surface area contributed by atoms with E-state index in [1.54, 1.807) is 62.4 Å². The standard InChI is InChI=1S/C48H58Cl2N4O16/c1-7-67-47(59)43-35(27-65-25-23-63-21-19-51)53(29(3)39(45(57)61-5)41(43)31-13-9-11-15-33(31)49)69-37(55)17-18-38(56)70-54-30(4)40(46(58)62-6)42(32-14-10-12-16-34(32)50)44(48(60)68-8-2)36(54)28-66-26-24-64-22-20-52/h9-18,41-42H,7-8,19-28,51-52H2,1-6H3/b18-17+/t41-,42-/m0/s1. The fourth-order valence-corrected chi connectivity index (χ4v) is 7.89. The molecule has 2 atom stereocenters. The maximum absolute atomic E-state index is 14.0. The first-order chi connectivity index (χ1) is 33.7. The number of carbonyl (C=O) groups excluding carboxylic acids is 6. The van der Waals surface area contributed by atoms with Crippen LogP contribution in [0.25, 0.3) is 0 Å². The van der Waals surface area contributed by atoms with Crippen molar-refractivity contribution in [3.63, 3.8) is 0 Å². The van der Waals surface area contributed by atoms with Crippen molar-refractivity contribution < 1.29 is 76.3 Å². The average Bonchev–Trinajstić information content (AvgIpc) is 3.34. The van der Waals surface area contributed by atoms with E-state index < -0.39 is 60.9 Å². The van der Waals surface area contributed by atoms with Gasteiger partial charge in [-0.1, -0.05) is 59.6 Å². The monoisotopic (exact) mass is 1020 g/mol. The van der Waals surface area contributed by atoms with E-state index in [1.165, 1.54) is 13.8 Å². The van der Waals surface area contributed by atoms with Crippen molar-refractivity contribution in [2.24, 2.45) is 11.5 Å². The number of allylic oxidation sites excluding steroid dienone is 2. The SMILES string of the molecule is CCOC(=O)C1=C(COCCOCCN)N(OC(=O)/C=C/C(=O)ON2C(C)=C(C(=O)OC)[C@H](c3ccccc3Cl)C(C(=O)OCC)=C2COCCOCCN)C(C)=C(C(=O)OC)[C@@H]1c1ccccc1Cl. The molecule has 0 amide bonds. The summed E-state index contributed by atoms with van der Waals surface area (Å²) in [4.78, 5) is 94.8. The van der Waals surface area contributed by atoms with Gasteiger partial charge in [-0.15, -0.1) is 0 Å². The van der Waals surface area contributed by atoms with Crippen LogP contribution in [0.15, 0.2) is 106 Å². The highest BCUT2D eigenvalue weighted by Gasteiger charge is 2.46. The molecule has 4 rings (SSSR count). The number of carbonyl (C=O) groups is 6. The number of nitrogens with zero attached hydrogens (tertiary/aromatic N) is 2. The summed E-state index contributed by atoms with van der Waals surface area (Å²) >= 11 is 13.4. The molecule has 4 N–H and O–H groups in total. The first-order valence-electron chi connectivity index (χ1n) is 22.0. The number of esters is 4. The highest BCUT2D eigenvalue weighted by atomic mass is 35.5. The molecule has 0 bridgehead atoms. The number of nitrogens with two attached hydrogens (primary N) is 2. The molecule has 2 aromatic carbocycles. The van der Waals surface area contributed by atoms with E-state index in [-0.39, 0.29) is 121 Å². The van der Waals surface area contributed by atoms with Gasteiger partial charge < -0.3 is 59.0 Å². The Kier molecular flexibility index (Phi) is 23.0. The van der Waals surface area contributed by atoms with Crippen LogP contribution in [0.2, 0.25) is 10.0 Å². The molecule has 2 aromatic rings. The van der Waals surface area contributed by atoms with Gasteiger partial charge >= 0.3 is 35.8 Å². The minimum atomic E-state index is -1.22. The number of halogens is 2. The Hall–Kier alpha value is -6.10. The van der Waals surface area contributed by atoms with Crippen molar-refractivity contribution in [2.45, 2.75) is 39.5 Å². The Morgan fingerprint density at radius 1 is 0.543 bits per heavy atom. The molecule has 0 spiro atoms. The van der Waals surface area contributed by atoms with Gasteiger partial charge in [0.1, 0.15) is 0 Å². The summed E-state index contributed by atoms with van der Waals surface area (Å²) in [5.74, 6) is -8.43. The quantitative estimate of drug-likeness (QED) is 0.0570. The largest absolute Gasteiger partial charge is 0.466 e. The molecule has 70 heavy (non-hydrogen) atoms. The van der Waals surface area contributed by atoms with Crippen molar-refractivity contribution in [3.05, 3.63) is 127 Å². The molecule has 0 aromatic heterocycles. The average molecular weight is 1020 g/mol. The molecule has 2 heterocycles. The lowest BCUT2D eigenvalue weighted by atomic mass is 9.80. The van der Waals surface area contributed by atoms with Gasteiger partial charge in [0.15, 0.2) is 0 Å². The van der Waals surface area contributed by atoms with Gasteiger partial charge in [0.2, 0.25) is 0 Å². The zero-order valence-corrected chi connectivity index (χ0v) is 41.3. The number of rotatable bonds is 26. The summed E-state index contributed by atoms with van der Waals surface area (Å²) in [5.41, 5.74) is 10.9. The van der Waals surface area contributed by atoms with Crippen LogP contribution in [-0.2, 0) is 76.3 Å². The molecule has 380 valence electrons. The predicted octanol–water partition coefficient (Wildman–Crippen LogP) is 4.48. The van der Waals surface area contributed by atoms with Gasteiger partial charge in [0.05, 0.1) is 137 Å². The van der Waals surface area contributed by atoms with E-state index in [0.29, 0.717) is 23.3 Å². The number of hydroxylamine groups is 4. The van der Waals surface area contributed by atoms with E-state index in [2.05, 4.69) is 0 Å². The zero-order chi connectivity index (χ0) is 51.3. The van der Waals surface area contributed by atoms with Crippen molar-refractivity contribution in [1.29, 1.82) is 0 Å². The van der Waals surface area contributed by atoms with E-state index in [1.807, 2.05) is 0 Å². The van der Waals surface area contributed by atoms with E-state index in [4.69, 9.17) is 82.2 Å². The second-order valence-corrected chi connectivity index (χ2v) is 15.5. The van der Waals surface area contributed by atoms with Crippen molar-refractivity contribution in [2.75, 3.05) is 93.4 Å². The predicted molar refractivity (Wildman–Crippen MR) is 252 cm³/mol. The van der Waals surface area contributed by atoms with Crippen LogP contribution in [-0.4, -0.2) is 139 Å². The Morgan fingerprint density at radius 2 is 0.900 bits per heavy atom. The van der Waals surface area contributed by atoms with Crippen LogP contribution in [0.3, 0.4) is 0 Å². The summed E-state index contributed by atoms with van der Waals surface area (Å²) in [6, 6.07) is 13.0. The third-order valence-electron chi connectivity index (χ3n) is 10.4. The lowest BCUT2D eigenvalue weighted by molar-refractivity contribution is -0.173. The van der Waals surface area contributed by atoms with Gasteiger partial charge in [-0.2, -0.15) is 10.1 Å². The number of hydrogen-bond acceptors (Lipinski definition) is 20. The Morgan fingerprint density at radius 3 is 1.23 bits per heavy atom. The Labute approximate surface area is 415 Å². The van der Waals surface area contributed by atoms with Crippen LogP contribution in [0.1, 0.15) is 50.7 Å². The van der Waals surface area contributed by atoms with E-state index >= 15 is 0 Å². The normalized spacial score (nSPS) is 16.2. The van der Waals surface area contributed by atoms with Crippen LogP contribution in [0.5, 0.6) is 0 Å². The second kappa shape index (κ2) is 28.5. The van der Waals surface area contributed by atoms with E-state index in [9.17, 15) is 28.8 Å². The maximum Gasteiger partial charge on any atom is 0.356 e. The molecular formula is C48H58Cl2N4O16.